The maximum atomic E-state index is 13.6. The number of benzene rings is 1. The molecule has 4 heteroatoms. The number of hydrogen-bond acceptors (Lipinski definition) is 1. The maximum absolute atomic E-state index is 13.6. The van der Waals surface area contributed by atoms with Gasteiger partial charge in [0.05, 0.1) is 15.7 Å². The van der Waals surface area contributed by atoms with Gasteiger partial charge >= 0.3 is 0 Å². The Morgan fingerprint density at radius 2 is 1.94 bits per heavy atom. The monoisotopic (exact) mass is 275 g/mol. The van der Waals surface area contributed by atoms with Crippen LogP contribution >= 0.6 is 23.2 Å². The average molecular weight is 276 g/mol. The van der Waals surface area contributed by atoms with Gasteiger partial charge in [-0.2, -0.15) is 0 Å². The van der Waals surface area contributed by atoms with Gasteiger partial charge in [-0.15, -0.1) is 0 Å². The van der Waals surface area contributed by atoms with Crippen molar-refractivity contribution in [3.63, 3.8) is 0 Å². The van der Waals surface area contributed by atoms with Crippen LogP contribution in [0.4, 0.5) is 10.1 Å². The molecule has 0 bridgehead atoms. The fourth-order valence-electron chi connectivity index (χ4n) is 2.40. The van der Waals surface area contributed by atoms with Crippen molar-refractivity contribution in [1.82, 2.24) is 0 Å². The molecular weight excluding hydrogens is 260 g/mol. The summed E-state index contributed by atoms with van der Waals surface area (Å²) in [5, 5.41) is 3.77. The van der Waals surface area contributed by atoms with E-state index in [9.17, 15) is 4.39 Å². The highest BCUT2D eigenvalue weighted by atomic mass is 35.5. The summed E-state index contributed by atoms with van der Waals surface area (Å²) in [6.07, 6.45) is 4.87. The lowest BCUT2D eigenvalue weighted by atomic mass is 9.89. The molecule has 0 saturated heterocycles. The van der Waals surface area contributed by atoms with Crippen LogP contribution in [0, 0.1) is 11.2 Å². The van der Waals surface area contributed by atoms with Crippen molar-refractivity contribution in [2.24, 2.45) is 5.41 Å². The van der Waals surface area contributed by atoms with Gasteiger partial charge in [0.1, 0.15) is 5.82 Å². The molecule has 0 heterocycles. The Bertz CT molecular complexity index is 414. The molecule has 1 aliphatic carbocycles. The van der Waals surface area contributed by atoms with Gasteiger partial charge in [-0.25, -0.2) is 4.39 Å². The van der Waals surface area contributed by atoms with Crippen LogP contribution in [0.15, 0.2) is 12.1 Å². The summed E-state index contributed by atoms with van der Waals surface area (Å²) < 4.78 is 13.6. The van der Waals surface area contributed by atoms with Crippen molar-refractivity contribution >= 4 is 28.9 Å². The Kier molecular flexibility index (Phi) is 3.84. The molecule has 0 aliphatic heterocycles. The molecule has 0 aromatic heterocycles. The van der Waals surface area contributed by atoms with E-state index in [1.807, 2.05) is 0 Å². The first kappa shape index (κ1) is 13.0. The summed E-state index contributed by atoms with van der Waals surface area (Å²) in [7, 11) is 0. The first-order chi connectivity index (χ1) is 8.02. The van der Waals surface area contributed by atoms with Crippen molar-refractivity contribution in [3.05, 3.63) is 28.0 Å². The highest BCUT2D eigenvalue weighted by Gasteiger charge is 2.28. The molecule has 0 spiro atoms. The van der Waals surface area contributed by atoms with Crippen molar-refractivity contribution in [2.75, 3.05) is 11.9 Å². The van der Waals surface area contributed by atoms with E-state index in [1.165, 1.54) is 37.8 Å². The zero-order chi connectivity index (χ0) is 12.5. The maximum Gasteiger partial charge on any atom is 0.147 e. The fourth-order valence-corrected chi connectivity index (χ4v) is 2.77. The van der Waals surface area contributed by atoms with E-state index in [-0.39, 0.29) is 16.3 Å². The molecule has 1 N–H and O–H groups in total. The van der Waals surface area contributed by atoms with Crippen LogP contribution < -0.4 is 5.32 Å². The normalized spacial score (nSPS) is 18.4. The molecule has 2 rings (SSSR count). The Morgan fingerprint density at radius 1 is 1.29 bits per heavy atom. The van der Waals surface area contributed by atoms with Crippen molar-refractivity contribution < 1.29 is 4.39 Å². The van der Waals surface area contributed by atoms with E-state index in [0.29, 0.717) is 10.7 Å². The van der Waals surface area contributed by atoms with Crippen molar-refractivity contribution in [2.45, 2.75) is 32.6 Å². The highest BCUT2D eigenvalue weighted by Crippen LogP contribution is 2.39. The second-order valence-electron chi connectivity index (χ2n) is 5.09. The van der Waals surface area contributed by atoms with Crippen LogP contribution in [0.25, 0.3) is 0 Å². The molecule has 94 valence electrons. The topological polar surface area (TPSA) is 12.0 Å². The Hall–Kier alpha value is -0.470. The van der Waals surface area contributed by atoms with Crippen LogP contribution in [0.3, 0.4) is 0 Å². The second-order valence-corrected chi connectivity index (χ2v) is 5.87. The molecule has 1 saturated carbocycles. The van der Waals surface area contributed by atoms with E-state index in [2.05, 4.69) is 12.2 Å². The van der Waals surface area contributed by atoms with Gasteiger partial charge in [-0.3, -0.25) is 0 Å². The Balaban J connectivity index is 2.11. The zero-order valence-corrected chi connectivity index (χ0v) is 11.3. The predicted octanol–water partition coefficient (Wildman–Crippen LogP) is 5.12. The Morgan fingerprint density at radius 3 is 2.59 bits per heavy atom. The molecule has 0 atom stereocenters. The minimum absolute atomic E-state index is 0.248. The summed E-state index contributed by atoms with van der Waals surface area (Å²) in [6, 6.07) is 2.81. The lowest BCUT2D eigenvalue weighted by Gasteiger charge is -2.25. The van der Waals surface area contributed by atoms with Crippen LogP contribution in [-0.4, -0.2) is 6.54 Å². The quantitative estimate of drug-likeness (QED) is 0.755. The largest absolute Gasteiger partial charge is 0.381 e. The van der Waals surface area contributed by atoms with E-state index in [1.54, 1.807) is 0 Å². The molecule has 17 heavy (non-hydrogen) atoms. The van der Waals surface area contributed by atoms with Gasteiger partial charge < -0.3 is 5.32 Å². The molecular formula is C13H16Cl2FN. The van der Waals surface area contributed by atoms with Gasteiger partial charge in [0, 0.05) is 6.54 Å². The standard InChI is InChI=1S/C13H16Cl2FN/c1-13(6-2-3-7-13)8-17-12-10(16)5-4-9(14)11(12)15/h4-5,17H,2-3,6-8H2,1H3. The first-order valence-corrected chi connectivity index (χ1v) is 6.65. The number of anilines is 1. The number of hydrogen-bond donors (Lipinski definition) is 1. The number of halogens is 3. The van der Waals surface area contributed by atoms with Gasteiger partial charge in [-0.05, 0) is 30.4 Å². The van der Waals surface area contributed by atoms with E-state index in [0.717, 1.165) is 6.54 Å². The summed E-state index contributed by atoms with van der Waals surface area (Å²) in [6.45, 7) is 2.97. The third-order valence-corrected chi connectivity index (χ3v) is 4.35. The zero-order valence-electron chi connectivity index (χ0n) is 9.82. The summed E-state index contributed by atoms with van der Waals surface area (Å²) in [4.78, 5) is 0. The smallest absolute Gasteiger partial charge is 0.147 e. The average Bonchev–Trinajstić information content (AvgIpc) is 2.71. The van der Waals surface area contributed by atoms with Gasteiger partial charge in [0.15, 0.2) is 0 Å². The third kappa shape index (κ3) is 2.86. The van der Waals surface area contributed by atoms with Gasteiger partial charge in [-0.1, -0.05) is 43.0 Å². The molecule has 0 amide bonds. The lowest BCUT2D eigenvalue weighted by molar-refractivity contribution is 0.361. The SMILES string of the molecule is CC1(CNc2c(F)ccc(Cl)c2Cl)CCCC1. The van der Waals surface area contributed by atoms with Crippen LogP contribution in [0.2, 0.25) is 10.0 Å². The molecule has 1 fully saturated rings. The molecule has 0 radical (unpaired) electrons. The second kappa shape index (κ2) is 5.03. The fraction of sp³-hybridized carbons (Fsp3) is 0.538. The lowest BCUT2D eigenvalue weighted by Crippen LogP contribution is -2.23. The van der Waals surface area contributed by atoms with Crippen molar-refractivity contribution in [1.29, 1.82) is 0 Å². The minimum Gasteiger partial charge on any atom is -0.381 e. The summed E-state index contributed by atoms with van der Waals surface area (Å²) in [5.74, 6) is -0.346. The molecule has 1 aromatic carbocycles. The van der Waals surface area contributed by atoms with Gasteiger partial charge in [0.2, 0.25) is 0 Å². The molecule has 1 aliphatic rings. The number of nitrogens with one attached hydrogen (secondary N) is 1. The van der Waals surface area contributed by atoms with E-state index < -0.39 is 0 Å². The highest BCUT2D eigenvalue weighted by molar-refractivity contribution is 6.43. The van der Waals surface area contributed by atoms with Gasteiger partial charge in [0.25, 0.3) is 0 Å². The summed E-state index contributed by atoms with van der Waals surface area (Å²) in [5.41, 5.74) is 0.574. The van der Waals surface area contributed by atoms with Crippen LogP contribution in [0.1, 0.15) is 32.6 Å². The van der Waals surface area contributed by atoms with Crippen LogP contribution in [-0.2, 0) is 0 Å². The predicted molar refractivity (Wildman–Crippen MR) is 71.5 cm³/mol. The molecule has 1 aromatic rings. The van der Waals surface area contributed by atoms with Crippen LogP contribution in [0.5, 0.6) is 0 Å². The third-order valence-electron chi connectivity index (χ3n) is 3.55. The summed E-state index contributed by atoms with van der Waals surface area (Å²) >= 11 is 11.9. The Labute approximate surface area is 111 Å². The van der Waals surface area contributed by atoms with Crippen molar-refractivity contribution in [3.8, 4) is 0 Å². The minimum atomic E-state index is -0.346. The van der Waals surface area contributed by atoms with E-state index in [4.69, 9.17) is 23.2 Å². The first-order valence-electron chi connectivity index (χ1n) is 5.89. The van der Waals surface area contributed by atoms with E-state index >= 15 is 0 Å². The number of rotatable bonds is 3. The molecule has 1 nitrogen and oxygen atoms in total. The molecule has 0 unspecified atom stereocenters.